The van der Waals surface area contributed by atoms with E-state index in [1.54, 1.807) is 0 Å². The second-order valence-corrected chi connectivity index (χ2v) is 3.86. The third-order valence-electron chi connectivity index (χ3n) is 2.59. The van der Waals surface area contributed by atoms with Crippen LogP contribution in [0.5, 0.6) is 0 Å². The number of fused-ring (bicyclic) bond motifs is 1. The molecule has 88 valence electrons. The van der Waals surface area contributed by atoms with E-state index in [9.17, 15) is 4.79 Å². The van der Waals surface area contributed by atoms with Crippen LogP contribution in [-0.4, -0.2) is 15.2 Å². The molecular formula is C13H10N4O. The van der Waals surface area contributed by atoms with Crippen molar-refractivity contribution in [2.45, 2.75) is 0 Å². The summed E-state index contributed by atoms with van der Waals surface area (Å²) in [6, 6.07) is 14.0. The molecule has 3 rings (SSSR count). The van der Waals surface area contributed by atoms with E-state index >= 15 is 0 Å². The van der Waals surface area contributed by atoms with Crippen LogP contribution in [0.2, 0.25) is 0 Å². The molecule has 0 saturated heterocycles. The average molecular weight is 238 g/mol. The summed E-state index contributed by atoms with van der Waals surface area (Å²) in [5.41, 5.74) is 0.398. The van der Waals surface area contributed by atoms with Crippen molar-refractivity contribution in [1.82, 2.24) is 15.2 Å². The molecule has 0 spiro atoms. The SMILES string of the molecule is O=c1nc(Nc2ccc3ccccc3c2)cn[nH]1. The molecule has 5 nitrogen and oxygen atoms in total. The molecule has 1 heterocycles. The molecule has 0 aliphatic carbocycles. The number of rotatable bonds is 2. The van der Waals surface area contributed by atoms with Gasteiger partial charge in [0.05, 0.1) is 6.20 Å². The van der Waals surface area contributed by atoms with Gasteiger partial charge in [-0.3, -0.25) is 0 Å². The van der Waals surface area contributed by atoms with Gasteiger partial charge in [-0.2, -0.15) is 10.1 Å². The van der Waals surface area contributed by atoms with Crippen LogP contribution in [0.25, 0.3) is 10.8 Å². The molecule has 0 aliphatic heterocycles. The van der Waals surface area contributed by atoms with Gasteiger partial charge in [-0.25, -0.2) is 9.89 Å². The fraction of sp³-hybridized carbons (Fsp3) is 0. The van der Waals surface area contributed by atoms with Gasteiger partial charge in [-0.1, -0.05) is 30.3 Å². The largest absolute Gasteiger partial charge is 0.363 e. The lowest BCUT2D eigenvalue weighted by Crippen LogP contribution is -2.13. The van der Waals surface area contributed by atoms with Gasteiger partial charge in [0.2, 0.25) is 0 Å². The maximum absolute atomic E-state index is 11.0. The molecule has 0 radical (unpaired) electrons. The first-order chi connectivity index (χ1) is 8.81. The number of nitrogens with one attached hydrogen (secondary N) is 2. The Bertz CT molecular complexity index is 751. The Morgan fingerprint density at radius 2 is 1.89 bits per heavy atom. The quantitative estimate of drug-likeness (QED) is 0.717. The monoisotopic (exact) mass is 238 g/mol. The van der Waals surface area contributed by atoms with Crippen molar-refractivity contribution < 1.29 is 0 Å². The predicted octanol–water partition coefficient (Wildman–Crippen LogP) is 2.06. The van der Waals surface area contributed by atoms with Crippen LogP contribution in [-0.2, 0) is 0 Å². The first kappa shape index (κ1) is 10.5. The first-order valence-corrected chi connectivity index (χ1v) is 5.49. The van der Waals surface area contributed by atoms with Crippen LogP contribution in [0, 0.1) is 0 Å². The number of H-pyrrole nitrogens is 1. The number of benzene rings is 2. The fourth-order valence-electron chi connectivity index (χ4n) is 1.79. The molecular weight excluding hydrogens is 228 g/mol. The Kier molecular flexibility index (Phi) is 2.49. The summed E-state index contributed by atoms with van der Waals surface area (Å²) in [6.45, 7) is 0. The van der Waals surface area contributed by atoms with E-state index in [2.05, 4.69) is 20.5 Å². The number of hydrogen-bond donors (Lipinski definition) is 2. The average Bonchev–Trinajstić information content (AvgIpc) is 2.39. The van der Waals surface area contributed by atoms with Crippen molar-refractivity contribution in [3.8, 4) is 0 Å². The van der Waals surface area contributed by atoms with E-state index < -0.39 is 5.69 Å². The van der Waals surface area contributed by atoms with Crippen LogP contribution in [0.1, 0.15) is 0 Å². The molecule has 0 unspecified atom stereocenters. The predicted molar refractivity (Wildman–Crippen MR) is 69.9 cm³/mol. The minimum absolute atomic E-state index is 0.425. The minimum atomic E-state index is -0.471. The van der Waals surface area contributed by atoms with E-state index in [0.29, 0.717) is 5.82 Å². The highest BCUT2D eigenvalue weighted by Gasteiger charge is 1.99. The zero-order chi connectivity index (χ0) is 12.4. The molecule has 3 aromatic rings. The summed E-state index contributed by atoms with van der Waals surface area (Å²) >= 11 is 0. The van der Waals surface area contributed by atoms with E-state index in [-0.39, 0.29) is 0 Å². The number of anilines is 2. The number of nitrogens with zero attached hydrogens (tertiary/aromatic N) is 2. The Balaban J connectivity index is 1.97. The van der Waals surface area contributed by atoms with Crippen molar-refractivity contribution in [2.24, 2.45) is 0 Å². The van der Waals surface area contributed by atoms with Crippen molar-refractivity contribution in [3.63, 3.8) is 0 Å². The van der Waals surface area contributed by atoms with E-state index in [1.807, 2.05) is 42.5 Å². The topological polar surface area (TPSA) is 70.7 Å². The number of hydrogen-bond acceptors (Lipinski definition) is 4. The molecule has 1 aromatic heterocycles. The molecule has 2 N–H and O–H groups in total. The third-order valence-corrected chi connectivity index (χ3v) is 2.59. The molecule has 0 bridgehead atoms. The molecule has 0 atom stereocenters. The third kappa shape index (κ3) is 2.06. The van der Waals surface area contributed by atoms with E-state index in [4.69, 9.17) is 0 Å². The van der Waals surface area contributed by atoms with Crippen LogP contribution in [0.4, 0.5) is 11.5 Å². The van der Waals surface area contributed by atoms with Crippen LogP contribution < -0.4 is 11.0 Å². The lowest BCUT2D eigenvalue weighted by atomic mass is 10.1. The van der Waals surface area contributed by atoms with Gasteiger partial charge in [-0.15, -0.1) is 0 Å². The lowest BCUT2D eigenvalue weighted by molar-refractivity contribution is 0.919. The normalized spacial score (nSPS) is 10.4. The van der Waals surface area contributed by atoms with Gasteiger partial charge in [0.25, 0.3) is 0 Å². The second-order valence-electron chi connectivity index (χ2n) is 3.86. The smallest absolute Gasteiger partial charge is 0.339 e. The van der Waals surface area contributed by atoms with Crippen molar-refractivity contribution >= 4 is 22.3 Å². The Hall–Kier alpha value is -2.69. The van der Waals surface area contributed by atoms with Gasteiger partial charge < -0.3 is 5.32 Å². The Morgan fingerprint density at radius 1 is 1.06 bits per heavy atom. The number of aromatic nitrogens is 3. The van der Waals surface area contributed by atoms with Crippen LogP contribution in [0.3, 0.4) is 0 Å². The summed E-state index contributed by atoms with van der Waals surface area (Å²) < 4.78 is 0. The summed E-state index contributed by atoms with van der Waals surface area (Å²) in [4.78, 5) is 14.8. The summed E-state index contributed by atoms with van der Waals surface area (Å²) in [5.74, 6) is 0.425. The molecule has 0 saturated carbocycles. The molecule has 18 heavy (non-hydrogen) atoms. The molecule has 5 heteroatoms. The van der Waals surface area contributed by atoms with E-state index in [0.717, 1.165) is 11.1 Å². The van der Waals surface area contributed by atoms with Crippen LogP contribution >= 0.6 is 0 Å². The highest BCUT2D eigenvalue weighted by Crippen LogP contribution is 2.20. The fourth-order valence-corrected chi connectivity index (χ4v) is 1.79. The zero-order valence-corrected chi connectivity index (χ0v) is 9.42. The molecule has 0 fully saturated rings. The highest BCUT2D eigenvalue weighted by molar-refractivity contribution is 5.86. The second kappa shape index (κ2) is 4.29. The van der Waals surface area contributed by atoms with Crippen molar-refractivity contribution in [1.29, 1.82) is 0 Å². The minimum Gasteiger partial charge on any atom is -0.339 e. The van der Waals surface area contributed by atoms with Crippen LogP contribution in [0.15, 0.2) is 53.5 Å². The first-order valence-electron chi connectivity index (χ1n) is 5.49. The van der Waals surface area contributed by atoms with Gasteiger partial charge in [0.15, 0.2) is 5.82 Å². The summed E-state index contributed by atoms with van der Waals surface area (Å²) in [7, 11) is 0. The maximum atomic E-state index is 11.0. The summed E-state index contributed by atoms with van der Waals surface area (Å²) in [5, 5.41) is 11.2. The summed E-state index contributed by atoms with van der Waals surface area (Å²) in [6.07, 6.45) is 1.47. The Morgan fingerprint density at radius 3 is 2.72 bits per heavy atom. The van der Waals surface area contributed by atoms with Gasteiger partial charge in [0.1, 0.15) is 0 Å². The number of aromatic amines is 1. The molecule has 0 aliphatic rings. The van der Waals surface area contributed by atoms with E-state index in [1.165, 1.54) is 11.6 Å². The standard InChI is InChI=1S/C13H10N4O/c18-13-16-12(8-14-17-13)15-11-6-5-9-3-1-2-4-10(9)7-11/h1-8H,(H2,15,16,17,18). The lowest BCUT2D eigenvalue weighted by Gasteiger charge is -2.05. The highest BCUT2D eigenvalue weighted by atomic mass is 16.1. The Labute approximate surface area is 103 Å². The maximum Gasteiger partial charge on any atom is 0.363 e. The van der Waals surface area contributed by atoms with Gasteiger partial charge in [-0.05, 0) is 22.9 Å². The zero-order valence-electron chi connectivity index (χ0n) is 9.42. The molecule has 2 aromatic carbocycles. The van der Waals surface area contributed by atoms with Gasteiger partial charge in [0, 0.05) is 5.69 Å². The van der Waals surface area contributed by atoms with Crippen molar-refractivity contribution in [2.75, 3.05) is 5.32 Å². The van der Waals surface area contributed by atoms with Crippen molar-refractivity contribution in [3.05, 3.63) is 59.1 Å². The van der Waals surface area contributed by atoms with Gasteiger partial charge >= 0.3 is 5.69 Å². The molecule has 0 amide bonds.